The Bertz CT molecular complexity index is 793. The number of esters is 1. The van der Waals surface area contributed by atoms with Gasteiger partial charge in [-0.15, -0.1) is 0 Å². The van der Waals surface area contributed by atoms with Crippen molar-refractivity contribution in [3.63, 3.8) is 0 Å². The molecule has 0 saturated carbocycles. The SMILES string of the molecule is CC(=O)OCCC(c1ccccc1)N(Cc1ccccc1)Cc1ccccc1. The molecule has 1 atom stereocenters. The third-order valence-electron chi connectivity index (χ3n) is 4.78. The number of carbonyl (C=O) groups excluding carboxylic acids is 1. The number of carbonyl (C=O) groups is 1. The number of ether oxygens (including phenoxy) is 1. The Morgan fingerprint density at radius 1 is 0.786 bits per heavy atom. The van der Waals surface area contributed by atoms with E-state index in [1.54, 1.807) is 0 Å². The summed E-state index contributed by atoms with van der Waals surface area (Å²) in [5.41, 5.74) is 3.78. The fourth-order valence-electron chi connectivity index (χ4n) is 3.46. The van der Waals surface area contributed by atoms with E-state index >= 15 is 0 Å². The number of hydrogen-bond acceptors (Lipinski definition) is 3. The fourth-order valence-corrected chi connectivity index (χ4v) is 3.46. The lowest BCUT2D eigenvalue weighted by molar-refractivity contribution is -0.141. The molecule has 1 unspecified atom stereocenters. The molecule has 0 aromatic heterocycles. The Hall–Kier alpha value is -2.91. The zero-order valence-corrected chi connectivity index (χ0v) is 16.3. The van der Waals surface area contributed by atoms with E-state index < -0.39 is 0 Å². The van der Waals surface area contributed by atoms with Crippen molar-refractivity contribution in [2.24, 2.45) is 0 Å². The van der Waals surface area contributed by atoms with E-state index in [1.165, 1.54) is 23.6 Å². The van der Waals surface area contributed by atoms with Crippen LogP contribution in [0.1, 0.15) is 36.1 Å². The van der Waals surface area contributed by atoms with Gasteiger partial charge in [0.05, 0.1) is 6.61 Å². The van der Waals surface area contributed by atoms with Crippen LogP contribution in [0.15, 0.2) is 91.0 Å². The van der Waals surface area contributed by atoms with Gasteiger partial charge < -0.3 is 4.74 Å². The topological polar surface area (TPSA) is 29.5 Å². The minimum atomic E-state index is -0.232. The molecule has 3 rings (SSSR count). The number of benzene rings is 3. The van der Waals surface area contributed by atoms with Crippen molar-refractivity contribution >= 4 is 5.97 Å². The lowest BCUT2D eigenvalue weighted by atomic mass is 10.0. The van der Waals surface area contributed by atoms with Crippen molar-refractivity contribution in [3.8, 4) is 0 Å². The van der Waals surface area contributed by atoms with Crippen LogP contribution in [0.25, 0.3) is 0 Å². The predicted molar refractivity (Wildman–Crippen MR) is 113 cm³/mol. The van der Waals surface area contributed by atoms with Gasteiger partial charge in [-0.1, -0.05) is 91.0 Å². The standard InChI is InChI=1S/C25H27NO2/c1-21(27)28-18-17-25(24-15-9-4-10-16-24)26(19-22-11-5-2-6-12-22)20-23-13-7-3-8-14-23/h2-16,25H,17-20H2,1H3. The fraction of sp³-hybridized carbons (Fsp3) is 0.240. The molecular formula is C25H27NO2. The normalized spacial score (nSPS) is 11.9. The van der Waals surface area contributed by atoms with Crippen molar-refractivity contribution in [1.29, 1.82) is 0 Å². The van der Waals surface area contributed by atoms with E-state index in [1.807, 2.05) is 18.2 Å². The van der Waals surface area contributed by atoms with Crippen LogP contribution in [0.2, 0.25) is 0 Å². The molecule has 0 aliphatic rings. The summed E-state index contributed by atoms with van der Waals surface area (Å²) in [5.74, 6) is -0.232. The van der Waals surface area contributed by atoms with Crippen molar-refractivity contribution in [2.45, 2.75) is 32.5 Å². The second-order valence-electron chi connectivity index (χ2n) is 6.93. The maximum atomic E-state index is 11.3. The molecule has 0 amide bonds. The van der Waals surface area contributed by atoms with Crippen LogP contribution in [0.5, 0.6) is 0 Å². The molecule has 0 N–H and O–H groups in total. The van der Waals surface area contributed by atoms with E-state index in [9.17, 15) is 4.79 Å². The molecule has 0 aliphatic carbocycles. The lowest BCUT2D eigenvalue weighted by Crippen LogP contribution is -2.29. The monoisotopic (exact) mass is 373 g/mol. The first-order valence-corrected chi connectivity index (χ1v) is 9.72. The zero-order valence-electron chi connectivity index (χ0n) is 16.3. The van der Waals surface area contributed by atoms with Crippen LogP contribution in [-0.2, 0) is 22.6 Å². The van der Waals surface area contributed by atoms with Gasteiger partial charge >= 0.3 is 5.97 Å². The molecule has 0 radical (unpaired) electrons. The summed E-state index contributed by atoms with van der Waals surface area (Å²) in [4.78, 5) is 13.7. The average Bonchev–Trinajstić information content (AvgIpc) is 2.73. The van der Waals surface area contributed by atoms with E-state index in [4.69, 9.17) is 4.74 Å². The summed E-state index contributed by atoms with van der Waals surface area (Å²) in [6.07, 6.45) is 0.753. The molecule has 144 valence electrons. The number of rotatable bonds is 9. The molecule has 3 aromatic carbocycles. The van der Waals surface area contributed by atoms with Crippen LogP contribution < -0.4 is 0 Å². The predicted octanol–water partition coefficient (Wildman–Crippen LogP) is 5.38. The largest absolute Gasteiger partial charge is 0.466 e. The van der Waals surface area contributed by atoms with Crippen LogP contribution in [0, 0.1) is 0 Å². The highest BCUT2D eigenvalue weighted by molar-refractivity contribution is 5.65. The van der Waals surface area contributed by atoms with Gasteiger partial charge in [0.25, 0.3) is 0 Å². The zero-order chi connectivity index (χ0) is 19.6. The summed E-state index contributed by atoms with van der Waals surface area (Å²) in [6, 6.07) is 31.7. The molecular weight excluding hydrogens is 346 g/mol. The van der Waals surface area contributed by atoms with Gasteiger partial charge in [0, 0.05) is 32.5 Å². The summed E-state index contributed by atoms with van der Waals surface area (Å²) in [6.45, 7) is 3.53. The summed E-state index contributed by atoms with van der Waals surface area (Å²) in [5, 5.41) is 0. The molecule has 3 aromatic rings. The van der Waals surface area contributed by atoms with Gasteiger partial charge in [-0.2, -0.15) is 0 Å². The van der Waals surface area contributed by atoms with Gasteiger partial charge in [-0.25, -0.2) is 0 Å². The molecule has 0 saturated heterocycles. The first kappa shape index (κ1) is 19.8. The number of nitrogens with zero attached hydrogens (tertiary/aromatic N) is 1. The summed E-state index contributed by atoms with van der Waals surface area (Å²) >= 11 is 0. The maximum absolute atomic E-state index is 11.3. The molecule has 0 bridgehead atoms. The molecule has 28 heavy (non-hydrogen) atoms. The Labute approximate surface area is 167 Å². The van der Waals surface area contributed by atoms with Gasteiger partial charge in [0.2, 0.25) is 0 Å². The molecule has 3 heteroatoms. The molecule has 0 fully saturated rings. The van der Waals surface area contributed by atoms with E-state index in [0.29, 0.717) is 6.61 Å². The van der Waals surface area contributed by atoms with Crippen LogP contribution in [0.4, 0.5) is 0 Å². The second-order valence-corrected chi connectivity index (χ2v) is 6.93. The summed E-state index contributed by atoms with van der Waals surface area (Å²) in [7, 11) is 0. The smallest absolute Gasteiger partial charge is 0.302 e. The lowest BCUT2D eigenvalue weighted by Gasteiger charge is -2.32. The first-order chi connectivity index (χ1) is 13.7. The van der Waals surface area contributed by atoms with Crippen LogP contribution in [-0.4, -0.2) is 17.5 Å². The maximum Gasteiger partial charge on any atom is 0.302 e. The Morgan fingerprint density at radius 3 is 1.71 bits per heavy atom. The van der Waals surface area contributed by atoms with Gasteiger partial charge in [-0.05, 0) is 16.7 Å². The molecule has 3 nitrogen and oxygen atoms in total. The average molecular weight is 373 g/mol. The van der Waals surface area contributed by atoms with Crippen molar-refractivity contribution in [1.82, 2.24) is 4.90 Å². The highest BCUT2D eigenvalue weighted by Crippen LogP contribution is 2.28. The van der Waals surface area contributed by atoms with E-state index in [0.717, 1.165) is 19.5 Å². The molecule has 0 heterocycles. The summed E-state index contributed by atoms with van der Waals surface area (Å²) < 4.78 is 5.28. The Kier molecular flexibility index (Phi) is 7.39. The van der Waals surface area contributed by atoms with Crippen molar-refractivity contribution in [2.75, 3.05) is 6.61 Å². The Morgan fingerprint density at radius 2 is 1.25 bits per heavy atom. The first-order valence-electron chi connectivity index (χ1n) is 9.72. The van der Waals surface area contributed by atoms with Crippen LogP contribution >= 0.6 is 0 Å². The molecule has 0 spiro atoms. The second kappa shape index (κ2) is 10.4. The third kappa shape index (κ3) is 6.07. The van der Waals surface area contributed by atoms with Crippen LogP contribution in [0.3, 0.4) is 0 Å². The minimum Gasteiger partial charge on any atom is -0.466 e. The van der Waals surface area contributed by atoms with Crippen molar-refractivity contribution < 1.29 is 9.53 Å². The van der Waals surface area contributed by atoms with E-state index in [-0.39, 0.29) is 12.0 Å². The van der Waals surface area contributed by atoms with Gasteiger partial charge in [-0.3, -0.25) is 9.69 Å². The number of hydrogen-bond donors (Lipinski definition) is 0. The quantitative estimate of drug-likeness (QED) is 0.471. The van der Waals surface area contributed by atoms with E-state index in [2.05, 4.69) is 77.7 Å². The minimum absolute atomic E-state index is 0.154. The van der Waals surface area contributed by atoms with Gasteiger partial charge in [0.15, 0.2) is 0 Å². The third-order valence-corrected chi connectivity index (χ3v) is 4.78. The Balaban J connectivity index is 1.88. The molecule has 0 aliphatic heterocycles. The highest BCUT2D eigenvalue weighted by atomic mass is 16.5. The van der Waals surface area contributed by atoms with Gasteiger partial charge in [0.1, 0.15) is 0 Å². The van der Waals surface area contributed by atoms with Crippen molar-refractivity contribution in [3.05, 3.63) is 108 Å². The highest BCUT2D eigenvalue weighted by Gasteiger charge is 2.21.